The van der Waals surface area contributed by atoms with Crippen LogP contribution in [-0.4, -0.2) is 46.6 Å². The number of aromatic nitrogens is 4. The highest BCUT2D eigenvalue weighted by molar-refractivity contribution is 6.31. The zero-order chi connectivity index (χ0) is 28.2. The monoisotopic (exact) mass is 570 g/mol. The molecule has 5 rings (SSSR count). The van der Waals surface area contributed by atoms with Crippen molar-refractivity contribution in [2.45, 2.75) is 25.9 Å². The van der Waals surface area contributed by atoms with E-state index in [0.29, 0.717) is 39.9 Å². The fraction of sp³-hybridized carbons (Fsp3) is 0.259. The summed E-state index contributed by atoms with van der Waals surface area (Å²) in [6.07, 6.45) is 2.99. The van der Waals surface area contributed by atoms with E-state index in [-0.39, 0.29) is 21.8 Å². The number of pyridine rings is 1. The molecule has 0 spiro atoms. The molecule has 39 heavy (non-hydrogen) atoms. The van der Waals surface area contributed by atoms with E-state index >= 15 is 0 Å². The number of nitrogens with zero attached hydrogens (tertiary/aromatic N) is 5. The summed E-state index contributed by atoms with van der Waals surface area (Å²) in [6, 6.07) is 6.46. The maximum atomic E-state index is 14.7. The van der Waals surface area contributed by atoms with Crippen LogP contribution in [0.1, 0.15) is 47.5 Å². The lowest BCUT2D eigenvalue weighted by atomic mass is 10.0. The van der Waals surface area contributed by atoms with Crippen molar-refractivity contribution in [2.75, 3.05) is 31.0 Å². The summed E-state index contributed by atoms with van der Waals surface area (Å²) >= 11 is 12.2. The minimum Gasteiger partial charge on any atom is -0.480 e. The van der Waals surface area contributed by atoms with Crippen molar-refractivity contribution in [1.29, 1.82) is 0 Å². The largest absolute Gasteiger partial charge is 0.480 e. The van der Waals surface area contributed by atoms with E-state index in [1.165, 1.54) is 36.4 Å². The average molecular weight is 571 g/mol. The second-order valence-electron chi connectivity index (χ2n) is 9.56. The predicted molar refractivity (Wildman–Crippen MR) is 149 cm³/mol. The summed E-state index contributed by atoms with van der Waals surface area (Å²) in [5.74, 6) is -0.296. The van der Waals surface area contributed by atoms with Crippen molar-refractivity contribution in [2.24, 2.45) is 0 Å². The molecule has 0 saturated heterocycles. The lowest BCUT2D eigenvalue weighted by Gasteiger charge is -2.28. The Bertz CT molecular complexity index is 1670. The van der Waals surface area contributed by atoms with Gasteiger partial charge in [0, 0.05) is 32.5 Å². The maximum Gasteiger partial charge on any atom is 0.272 e. The zero-order valence-corrected chi connectivity index (χ0v) is 23.3. The second-order valence-corrected chi connectivity index (χ2v) is 10.4. The second kappa shape index (κ2) is 10.0. The average Bonchev–Trinajstić information content (AvgIpc) is 3.41. The van der Waals surface area contributed by atoms with E-state index in [1.807, 2.05) is 32.5 Å². The fourth-order valence-corrected chi connectivity index (χ4v) is 5.17. The number of methoxy groups -OCH3 is 1. The van der Waals surface area contributed by atoms with Gasteiger partial charge in [0.05, 0.1) is 39.7 Å². The summed E-state index contributed by atoms with van der Waals surface area (Å²) in [5.41, 5.74) is 2.10. The van der Waals surface area contributed by atoms with Gasteiger partial charge < -0.3 is 19.2 Å². The Morgan fingerprint density at radius 2 is 1.87 bits per heavy atom. The van der Waals surface area contributed by atoms with Gasteiger partial charge in [-0.1, -0.05) is 29.3 Å². The van der Waals surface area contributed by atoms with Crippen LogP contribution in [0.4, 0.5) is 16.0 Å². The van der Waals surface area contributed by atoms with Gasteiger partial charge in [0.1, 0.15) is 17.5 Å². The summed E-state index contributed by atoms with van der Waals surface area (Å²) in [6.45, 7) is 3.92. The number of hydrogen-bond donors (Lipinski definition) is 1. The minimum absolute atomic E-state index is 0.0390. The van der Waals surface area contributed by atoms with E-state index < -0.39 is 23.3 Å². The molecule has 0 radical (unpaired) electrons. The molecule has 1 N–H and O–H groups in total. The number of H-pyrrole nitrogens is 1. The number of halogens is 3. The maximum absolute atomic E-state index is 14.7. The molecular formula is C27H25Cl2FN6O3. The molecule has 202 valence electrons. The lowest BCUT2D eigenvalue weighted by Crippen LogP contribution is -2.34. The molecule has 1 aromatic carbocycles. The van der Waals surface area contributed by atoms with Crippen molar-refractivity contribution >= 4 is 40.7 Å². The number of amides is 1. The third-order valence-corrected chi connectivity index (χ3v) is 7.06. The Kier molecular flexibility index (Phi) is 6.86. The Balaban J connectivity index is 1.80. The van der Waals surface area contributed by atoms with Crippen LogP contribution in [0.25, 0.3) is 11.3 Å². The first-order valence-electron chi connectivity index (χ1n) is 12.0. The van der Waals surface area contributed by atoms with Crippen LogP contribution in [0, 0.1) is 5.82 Å². The number of ether oxygens (including phenoxy) is 1. The molecule has 9 nitrogen and oxygen atoms in total. The smallest absolute Gasteiger partial charge is 0.272 e. The predicted octanol–water partition coefficient (Wildman–Crippen LogP) is 5.48. The van der Waals surface area contributed by atoms with Gasteiger partial charge in [0.15, 0.2) is 0 Å². The number of nitrogens with one attached hydrogen (secondary N) is 1. The number of aromatic amines is 1. The molecule has 3 aromatic heterocycles. The zero-order valence-electron chi connectivity index (χ0n) is 21.8. The number of benzene rings is 1. The number of rotatable bonds is 6. The first kappa shape index (κ1) is 26.7. The third-order valence-electron chi connectivity index (χ3n) is 6.54. The quantitative estimate of drug-likeness (QED) is 0.329. The van der Waals surface area contributed by atoms with Crippen molar-refractivity contribution in [1.82, 2.24) is 19.5 Å². The van der Waals surface area contributed by atoms with Gasteiger partial charge in [0.25, 0.3) is 11.5 Å². The van der Waals surface area contributed by atoms with Crippen LogP contribution < -0.4 is 20.1 Å². The van der Waals surface area contributed by atoms with Gasteiger partial charge in [-0.05, 0) is 43.7 Å². The molecule has 1 atom stereocenters. The Morgan fingerprint density at radius 3 is 2.51 bits per heavy atom. The topological polar surface area (TPSA) is 96.3 Å². The molecule has 1 aliphatic rings. The van der Waals surface area contributed by atoms with Crippen molar-refractivity contribution in [3.8, 4) is 17.1 Å². The van der Waals surface area contributed by atoms with Crippen LogP contribution in [0.15, 0.2) is 47.5 Å². The molecule has 4 aromatic rings. The van der Waals surface area contributed by atoms with E-state index in [1.54, 1.807) is 23.2 Å². The molecule has 0 aliphatic carbocycles. The summed E-state index contributed by atoms with van der Waals surface area (Å²) in [7, 11) is 5.15. The van der Waals surface area contributed by atoms with Crippen LogP contribution >= 0.6 is 23.2 Å². The number of carbonyl (C=O) groups is 1. The van der Waals surface area contributed by atoms with Crippen LogP contribution in [0.2, 0.25) is 10.0 Å². The molecular weight excluding hydrogens is 546 g/mol. The SMILES string of the molecule is COc1nc(N(C)C)ncc1-c1cc2c(n1C(C)C)[C@H](c1ccc(Cl)c(F)c1)N(c1cc(Cl)c[nH]c1=O)C2=O. The molecule has 12 heteroatoms. The number of carbonyl (C=O) groups excluding carboxylic acids is 1. The highest BCUT2D eigenvalue weighted by Crippen LogP contribution is 2.46. The molecule has 1 aliphatic heterocycles. The normalized spacial score (nSPS) is 14.7. The van der Waals surface area contributed by atoms with E-state index in [4.69, 9.17) is 27.9 Å². The number of hydrogen-bond acceptors (Lipinski definition) is 6. The van der Waals surface area contributed by atoms with Crippen molar-refractivity contribution in [3.63, 3.8) is 0 Å². The van der Waals surface area contributed by atoms with Crippen LogP contribution in [0.5, 0.6) is 5.88 Å². The first-order valence-corrected chi connectivity index (χ1v) is 12.8. The lowest BCUT2D eigenvalue weighted by molar-refractivity contribution is 0.0993. The number of fused-ring (bicyclic) bond motifs is 1. The highest BCUT2D eigenvalue weighted by atomic mass is 35.5. The fourth-order valence-electron chi connectivity index (χ4n) is 4.89. The Hall–Kier alpha value is -3.89. The van der Waals surface area contributed by atoms with E-state index in [9.17, 15) is 14.0 Å². The van der Waals surface area contributed by atoms with E-state index in [0.717, 1.165) is 0 Å². The molecule has 4 heterocycles. The summed E-state index contributed by atoms with van der Waals surface area (Å²) in [5, 5.41) is 0.184. The minimum atomic E-state index is -0.858. The number of anilines is 2. The van der Waals surface area contributed by atoms with Gasteiger partial charge in [0.2, 0.25) is 11.8 Å². The van der Waals surface area contributed by atoms with Crippen molar-refractivity contribution < 1.29 is 13.9 Å². The van der Waals surface area contributed by atoms with Crippen LogP contribution in [0.3, 0.4) is 0 Å². The van der Waals surface area contributed by atoms with Crippen LogP contribution in [-0.2, 0) is 0 Å². The van der Waals surface area contributed by atoms with Gasteiger partial charge in [-0.25, -0.2) is 9.37 Å². The van der Waals surface area contributed by atoms with E-state index in [2.05, 4.69) is 15.0 Å². The third kappa shape index (κ3) is 4.43. The summed E-state index contributed by atoms with van der Waals surface area (Å²) in [4.78, 5) is 41.6. The standard InChI is InChI=1S/C27H25Cl2FN6O3/c1-13(2)35-20(17-12-32-27(34(3)4)33-25(17)39-5)10-16-23(35)22(14-6-7-18(29)19(30)8-14)36(26(16)38)21-9-15(28)11-31-24(21)37/h6-13,22H,1-5H3,(H,31,37)/t22-/m0/s1. The molecule has 1 amide bonds. The van der Waals surface area contributed by atoms with Gasteiger partial charge in [-0.3, -0.25) is 14.5 Å². The molecule has 0 saturated carbocycles. The molecule has 0 fully saturated rings. The Morgan fingerprint density at radius 1 is 1.13 bits per heavy atom. The summed E-state index contributed by atoms with van der Waals surface area (Å²) < 4.78 is 22.3. The van der Waals surface area contributed by atoms with Crippen molar-refractivity contribution in [3.05, 3.63) is 85.8 Å². The Labute approximate surface area is 233 Å². The van der Waals surface area contributed by atoms with Gasteiger partial charge in [-0.15, -0.1) is 0 Å². The molecule has 0 unspecified atom stereocenters. The van der Waals surface area contributed by atoms with Gasteiger partial charge in [-0.2, -0.15) is 4.98 Å². The van der Waals surface area contributed by atoms with Gasteiger partial charge >= 0.3 is 0 Å². The first-order chi connectivity index (χ1) is 18.5. The highest BCUT2D eigenvalue weighted by Gasteiger charge is 2.44. The molecule has 0 bridgehead atoms.